The summed E-state index contributed by atoms with van der Waals surface area (Å²) in [6.45, 7) is 0.167. The largest absolute Gasteiger partial charge is 0.448 e. The lowest BCUT2D eigenvalue weighted by Gasteiger charge is -2.51. The number of carbonyl (C=O) groups is 1. The summed E-state index contributed by atoms with van der Waals surface area (Å²) in [5.41, 5.74) is 1.49. The zero-order valence-electron chi connectivity index (χ0n) is 20.5. The third-order valence-corrected chi connectivity index (χ3v) is 8.36. The fourth-order valence-corrected chi connectivity index (χ4v) is 6.66. The zero-order valence-corrected chi connectivity index (χ0v) is 20.5. The first-order valence-corrected chi connectivity index (χ1v) is 12.9. The molecule has 0 saturated carbocycles. The molecule has 1 amide bonds. The first-order valence-electron chi connectivity index (χ1n) is 12.9. The lowest BCUT2D eigenvalue weighted by molar-refractivity contribution is -0.140. The molecule has 0 spiro atoms. The van der Waals surface area contributed by atoms with E-state index in [0.717, 1.165) is 34.7 Å². The zero-order chi connectivity index (χ0) is 26.7. The molecule has 2 bridgehead atoms. The summed E-state index contributed by atoms with van der Waals surface area (Å²) in [4.78, 5) is 15.1. The van der Waals surface area contributed by atoms with E-state index < -0.39 is 29.3 Å². The van der Waals surface area contributed by atoms with Crippen LogP contribution < -0.4 is 0 Å². The predicted molar refractivity (Wildman–Crippen MR) is 133 cm³/mol. The lowest BCUT2D eigenvalue weighted by atomic mass is 9.72. The molecule has 2 fully saturated rings. The van der Waals surface area contributed by atoms with E-state index in [0.29, 0.717) is 18.9 Å². The second-order valence-electron chi connectivity index (χ2n) is 10.6. The van der Waals surface area contributed by atoms with Gasteiger partial charge in [0.15, 0.2) is 0 Å². The Balaban J connectivity index is 1.21. The Morgan fingerprint density at radius 1 is 0.947 bits per heavy atom. The molecular weight excluding hydrogens is 498 g/mol. The van der Waals surface area contributed by atoms with Crippen molar-refractivity contribution in [2.24, 2.45) is 0 Å². The highest BCUT2D eigenvalue weighted by molar-refractivity contribution is 5.79. The van der Waals surface area contributed by atoms with Gasteiger partial charge in [0.2, 0.25) is 0 Å². The van der Waals surface area contributed by atoms with Crippen LogP contribution in [0.5, 0.6) is 0 Å². The third kappa shape index (κ3) is 4.15. The minimum atomic E-state index is -4.87. The summed E-state index contributed by atoms with van der Waals surface area (Å²) in [6.07, 6.45) is -3.15. The maximum atomic E-state index is 13.9. The summed E-state index contributed by atoms with van der Waals surface area (Å²) >= 11 is 0. The van der Waals surface area contributed by atoms with Gasteiger partial charge in [-0.2, -0.15) is 13.2 Å². The van der Waals surface area contributed by atoms with Crippen molar-refractivity contribution in [2.75, 3.05) is 6.61 Å². The highest BCUT2D eigenvalue weighted by Crippen LogP contribution is 2.47. The van der Waals surface area contributed by atoms with Gasteiger partial charge in [-0.15, -0.1) is 0 Å². The molecule has 2 atom stereocenters. The van der Waals surface area contributed by atoms with Gasteiger partial charge in [-0.05, 0) is 59.2 Å². The van der Waals surface area contributed by atoms with Crippen LogP contribution in [0.4, 0.5) is 22.4 Å². The first kappa shape index (κ1) is 24.9. The van der Waals surface area contributed by atoms with Crippen LogP contribution in [0, 0.1) is 5.82 Å². The van der Waals surface area contributed by atoms with E-state index >= 15 is 0 Å². The second-order valence-corrected chi connectivity index (χ2v) is 10.6. The molecule has 3 aromatic carbocycles. The number of hydrogen-bond donors (Lipinski definition) is 1. The van der Waals surface area contributed by atoms with Crippen molar-refractivity contribution in [3.8, 4) is 11.1 Å². The molecule has 8 heteroatoms. The fraction of sp³-hybridized carbons (Fsp3) is 0.367. The Hall–Kier alpha value is -3.39. The number of benzene rings is 3. The van der Waals surface area contributed by atoms with Crippen molar-refractivity contribution in [3.05, 3.63) is 94.8 Å². The quantitative estimate of drug-likeness (QED) is 0.375. The molecule has 198 valence electrons. The minimum Gasteiger partial charge on any atom is -0.448 e. The SMILES string of the molecule is O=C(OCC1c2ccccc2-c2ccccc21)N1C2CCCC1CC(O)(c1ccc(F)c(C(F)(F)F)c1)C2. The van der Waals surface area contributed by atoms with Gasteiger partial charge in [0.1, 0.15) is 12.4 Å². The molecule has 1 N–H and O–H groups in total. The molecule has 2 saturated heterocycles. The van der Waals surface area contributed by atoms with Crippen LogP contribution in [-0.2, 0) is 16.5 Å². The van der Waals surface area contributed by atoms with Gasteiger partial charge in [0, 0.05) is 30.8 Å². The lowest BCUT2D eigenvalue weighted by Crippen LogP contribution is -2.59. The maximum Gasteiger partial charge on any atom is 0.419 e. The van der Waals surface area contributed by atoms with Crippen LogP contribution in [0.2, 0.25) is 0 Å². The molecule has 0 aromatic heterocycles. The van der Waals surface area contributed by atoms with Gasteiger partial charge in [0.05, 0.1) is 11.2 Å². The summed E-state index contributed by atoms with van der Waals surface area (Å²) in [6, 6.07) is 18.0. The smallest absolute Gasteiger partial charge is 0.419 e. The number of carbonyl (C=O) groups excluding carboxylic acids is 1. The van der Waals surface area contributed by atoms with E-state index in [2.05, 4.69) is 12.1 Å². The van der Waals surface area contributed by atoms with Crippen LogP contribution in [0.1, 0.15) is 60.3 Å². The highest BCUT2D eigenvalue weighted by atomic mass is 19.4. The standard InChI is InChI=1S/C30H27F4NO3/c31-27-13-12-18(14-26(27)30(32,33)34)29(37)15-19-6-5-7-20(16-29)35(19)28(36)38-17-25-23-10-3-1-8-21(23)22-9-2-4-11-24(22)25/h1-4,8-14,19-20,25,37H,5-7,15-17H2. The Kier molecular flexibility index (Phi) is 5.98. The summed E-state index contributed by atoms with van der Waals surface area (Å²) in [5.74, 6) is -1.46. The number of ether oxygens (including phenoxy) is 1. The molecule has 38 heavy (non-hydrogen) atoms. The number of piperidine rings is 2. The van der Waals surface area contributed by atoms with Crippen molar-refractivity contribution in [1.82, 2.24) is 4.90 Å². The van der Waals surface area contributed by atoms with E-state index in [-0.39, 0.29) is 43.0 Å². The van der Waals surface area contributed by atoms with E-state index in [1.165, 1.54) is 6.07 Å². The van der Waals surface area contributed by atoms with E-state index in [1.54, 1.807) is 4.90 Å². The molecule has 3 aliphatic rings. The number of aliphatic hydroxyl groups is 1. The molecule has 6 rings (SSSR count). The Labute approximate surface area is 217 Å². The predicted octanol–water partition coefficient (Wildman–Crippen LogP) is 7.00. The van der Waals surface area contributed by atoms with Gasteiger partial charge in [-0.25, -0.2) is 9.18 Å². The number of hydrogen-bond acceptors (Lipinski definition) is 3. The van der Waals surface area contributed by atoms with Crippen LogP contribution in [0.15, 0.2) is 66.7 Å². The maximum absolute atomic E-state index is 13.9. The molecular formula is C30H27F4NO3. The monoisotopic (exact) mass is 525 g/mol. The number of amides is 1. The van der Waals surface area contributed by atoms with Gasteiger partial charge in [-0.1, -0.05) is 54.6 Å². The molecule has 2 heterocycles. The normalized spacial score (nSPS) is 24.6. The minimum absolute atomic E-state index is 0.0234. The van der Waals surface area contributed by atoms with Gasteiger partial charge < -0.3 is 14.7 Å². The molecule has 2 unspecified atom stereocenters. The van der Waals surface area contributed by atoms with Crippen LogP contribution in [0.3, 0.4) is 0 Å². The van der Waals surface area contributed by atoms with Gasteiger partial charge >= 0.3 is 12.3 Å². The van der Waals surface area contributed by atoms with E-state index in [9.17, 15) is 27.5 Å². The second kappa shape index (κ2) is 9.12. The summed E-state index contributed by atoms with van der Waals surface area (Å²) in [5, 5.41) is 11.5. The van der Waals surface area contributed by atoms with Crippen molar-refractivity contribution in [3.63, 3.8) is 0 Å². The molecule has 2 aliphatic heterocycles. The molecule has 4 nitrogen and oxygen atoms in total. The number of halogens is 4. The fourth-order valence-electron chi connectivity index (χ4n) is 6.66. The van der Waals surface area contributed by atoms with E-state index in [1.807, 2.05) is 36.4 Å². The Bertz CT molecular complexity index is 1330. The van der Waals surface area contributed by atoms with Gasteiger partial charge in [0.25, 0.3) is 0 Å². The van der Waals surface area contributed by atoms with Crippen molar-refractivity contribution in [2.45, 2.75) is 61.9 Å². The number of rotatable bonds is 3. The number of alkyl halides is 3. The number of nitrogens with zero attached hydrogens (tertiary/aromatic N) is 1. The average molecular weight is 526 g/mol. The molecule has 1 aliphatic carbocycles. The summed E-state index contributed by atoms with van der Waals surface area (Å²) in [7, 11) is 0. The third-order valence-electron chi connectivity index (χ3n) is 8.36. The topological polar surface area (TPSA) is 49.8 Å². The van der Waals surface area contributed by atoms with Crippen molar-refractivity contribution >= 4 is 6.09 Å². The Morgan fingerprint density at radius 2 is 1.53 bits per heavy atom. The van der Waals surface area contributed by atoms with Gasteiger partial charge in [-0.3, -0.25) is 0 Å². The van der Waals surface area contributed by atoms with Crippen molar-refractivity contribution < 1.29 is 32.2 Å². The van der Waals surface area contributed by atoms with Crippen LogP contribution >= 0.6 is 0 Å². The Morgan fingerprint density at radius 3 is 2.11 bits per heavy atom. The van der Waals surface area contributed by atoms with E-state index in [4.69, 9.17) is 4.74 Å². The van der Waals surface area contributed by atoms with Crippen molar-refractivity contribution in [1.29, 1.82) is 0 Å². The summed E-state index contributed by atoms with van der Waals surface area (Å²) < 4.78 is 59.7. The number of fused-ring (bicyclic) bond motifs is 5. The first-order chi connectivity index (χ1) is 18.2. The molecule has 0 radical (unpaired) electrons. The average Bonchev–Trinajstić information content (AvgIpc) is 3.20. The highest BCUT2D eigenvalue weighted by Gasteiger charge is 2.49. The van der Waals surface area contributed by atoms with Crippen LogP contribution in [-0.4, -0.2) is 34.8 Å². The van der Waals surface area contributed by atoms with Crippen LogP contribution in [0.25, 0.3) is 11.1 Å². The molecule has 3 aromatic rings.